The number of rotatable bonds is 3. The Morgan fingerprint density at radius 1 is 1.09 bits per heavy atom. The van der Waals surface area contributed by atoms with Gasteiger partial charge in [0.1, 0.15) is 25.3 Å². The van der Waals surface area contributed by atoms with Gasteiger partial charge in [0.2, 0.25) is 0 Å². The van der Waals surface area contributed by atoms with Gasteiger partial charge < -0.3 is 9.47 Å². The van der Waals surface area contributed by atoms with Crippen LogP contribution < -0.4 is 5.32 Å². The van der Waals surface area contributed by atoms with E-state index in [1.807, 2.05) is 38.1 Å². The lowest BCUT2D eigenvalue weighted by Gasteiger charge is -2.04. The highest BCUT2D eigenvalue weighted by atomic mass is 16.5. The van der Waals surface area contributed by atoms with Crippen LogP contribution in [-0.2, 0) is 9.47 Å². The summed E-state index contributed by atoms with van der Waals surface area (Å²) in [6.45, 7) is 5.06. The Morgan fingerprint density at radius 2 is 1.83 bits per heavy atom. The van der Waals surface area contributed by atoms with Gasteiger partial charge in [0.05, 0.1) is 0 Å². The molecule has 3 rings (SSSR count). The van der Waals surface area contributed by atoms with Crippen LogP contribution in [0.4, 0.5) is 0 Å². The third kappa shape index (κ3) is 3.62. The summed E-state index contributed by atoms with van der Waals surface area (Å²) in [5, 5.41) is 3.03. The molecule has 5 heteroatoms. The van der Waals surface area contributed by atoms with E-state index in [2.05, 4.69) is 39.6 Å². The average Bonchev–Trinajstić information content (AvgIpc) is 3.23. The molecule has 0 fully saturated rings. The van der Waals surface area contributed by atoms with Crippen molar-refractivity contribution in [3.8, 4) is 0 Å². The zero-order valence-corrected chi connectivity index (χ0v) is 13.4. The Hall–Kier alpha value is -2.56. The molecule has 23 heavy (non-hydrogen) atoms. The molecule has 0 unspecified atom stereocenters. The molecule has 2 heterocycles. The monoisotopic (exact) mass is 311 g/mol. The second-order valence-electron chi connectivity index (χ2n) is 5.35. The third-order valence-electron chi connectivity index (χ3n) is 3.78. The van der Waals surface area contributed by atoms with Crippen LogP contribution in [0.2, 0.25) is 0 Å². The first-order valence-corrected chi connectivity index (χ1v) is 7.82. The number of hydrogen-bond acceptors (Lipinski definition) is 5. The van der Waals surface area contributed by atoms with E-state index in [0.29, 0.717) is 25.3 Å². The van der Waals surface area contributed by atoms with Crippen LogP contribution in [-0.4, -0.2) is 31.3 Å². The maximum absolute atomic E-state index is 5.60. The van der Waals surface area contributed by atoms with E-state index < -0.39 is 0 Å². The van der Waals surface area contributed by atoms with Crippen molar-refractivity contribution < 1.29 is 9.47 Å². The van der Waals surface area contributed by atoms with Crippen molar-refractivity contribution in [2.24, 2.45) is 9.98 Å². The first-order chi connectivity index (χ1) is 11.3. The number of nitrogens with zero attached hydrogens (tertiary/aromatic N) is 2. The summed E-state index contributed by atoms with van der Waals surface area (Å²) in [6.07, 6.45) is 6.11. The zero-order valence-electron chi connectivity index (χ0n) is 13.4. The molecule has 2 atom stereocenters. The fourth-order valence-electron chi connectivity index (χ4n) is 2.58. The van der Waals surface area contributed by atoms with Crippen LogP contribution >= 0.6 is 0 Å². The first kappa shape index (κ1) is 15.3. The normalized spacial score (nSPS) is 24.2. The van der Waals surface area contributed by atoms with Gasteiger partial charge in [-0.3, -0.25) is 5.32 Å². The highest BCUT2D eigenvalue weighted by Gasteiger charge is 2.25. The van der Waals surface area contributed by atoms with Crippen LogP contribution in [0.1, 0.15) is 25.5 Å². The predicted molar refractivity (Wildman–Crippen MR) is 91.5 cm³/mol. The molecule has 2 aliphatic heterocycles. The lowest BCUT2D eigenvalue weighted by atomic mass is 10.1. The summed E-state index contributed by atoms with van der Waals surface area (Å²) in [4.78, 5) is 9.08. The number of benzene rings is 1. The van der Waals surface area contributed by atoms with Gasteiger partial charge in [-0.25, -0.2) is 9.98 Å². The number of hydrogen-bond donors (Lipinski definition) is 1. The number of nitrogens with one attached hydrogen (secondary N) is 1. The Balaban J connectivity index is 1.64. The summed E-state index contributed by atoms with van der Waals surface area (Å²) < 4.78 is 11.2. The SMILES string of the molecule is C/C=C\C(=C/C)[C@H]1COC(NC2=N[C@@H](c3ccccc3)CO2)=N1. The summed E-state index contributed by atoms with van der Waals surface area (Å²) in [5.74, 6) is 0. The van der Waals surface area contributed by atoms with Crippen molar-refractivity contribution in [2.75, 3.05) is 13.2 Å². The van der Waals surface area contributed by atoms with Gasteiger partial charge in [0, 0.05) is 0 Å². The molecule has 2 aliphatic rings. The molecule has 0 amide bonds. The minimum absolute atomic E-state index is 0.0191. The van der Waals surface area contributed by atoms with Gasteiger partial charge >= 0.3 is 0 Å². The number of aliphatic imine (C=N–C) groups is 2. The highest BCUT2D eigenvalue weighted by Crippen LogP contribution is 2.22. The van der Waals surface area contributed by atoms with Crippen LogP contribution in [0, 0.1) is 0 Å². The Kier molecular flexibility index (Phi) is 4.76. The van der Waals surface area contributed by atoms with E-state index in [1.54, 1.807) is 0 Å². The molecule has 0 saturated heterocycles. The molecule has 0 saturated carbocycles. The molecular formula is C18H21N3O2. The molecule has 120 valence electrons. The summed E-state index contributed by atoms with van der Waals surface area (Å²) >= 11 is 0. The van der Waals surface area contributed by atoms with E-state index in [4.69, 9.17) is 9.47 Å². The Morgan fingerprint density at radius 3 is 2.57 bits per heavy atom. The molecule has 0 radical (unpaired) electrons. The van der Waals surface area contributed by atoms with Crippen LogP contribution in [0.3, 0.4) is 0 Å². The Labute approximate surface area is 136 Å². The zero-order chi connectivity index (χ0) is 16.1. The van der Waals surface area contributed by atoms with E-state index in [-0.39, 0.29) is 12.1 Å². The number of allylic oxidation sites excluding steroid dienone is 2. The highest BCUT2D eigenvalue weighted by molar-refractivity contribution is 5.94. The minimum atomic E-state index is 0.0191. The maximum Gasteiger partial charge on any atom is 0.293 e. The van der Waals surface area contributed by atoms with Crippen molar-refractivity contribution in [1.82, 2.24) is 5.32 Å². The molecule has 0 aliphatic carbocycles. The summed E-state index contributed by atoms with van der Waals surface area (Å²) in [7, 11) is 0. The van der Waals surface area contributed by atoms with Gasteiger partial charge in [-0.1, -0.05) is 48.6 Å². The van der Waals surface area contributed by atoms with Crippen molar-refractivity contribution in [3.63, 3.8) is 0 Å². The molecular weight excluding hydrogens is 290 g/mol. The molecule has 0 aromatic heterocycles. The first-order valence-electron chi connectivity index (χ1n) is 7.82. The van der Waals surface area contributed by atoms with Crippen molar-refractivity contribution in [2.45, 2.75) is 25.9 Å². The molecule has 0 bridgehead atoms. The van der Waals surface area contributed by atoms with E-state index in [0.717, 1.165) is 11.1 Å². The van der Waals surface area contributed by atoms with Gasteiger partial charge in [-0.05, 0) is 25.0 Å². The quantitative estimate of drug-likeness (QED) is 0.873. The predicted octanol–water partition coefficient (Wildman–Crippen LogP) is 2.98. The molecule has 1 aromatic rings. The Bertz CT molecular complexity index is 662. The lowest BCUT2D eigenvalue weighted by molar-refractivity contribution is 0.296. The fourth-order valence-corrected chi connectivity index (χ4v) is 2.58. The van der Waals surface area contributed by atoms with Gasteiger partial charge in [-0.2, -0.15) is 0 Å². The lowest BCUT2D eigenvalue weighted by Crippen LogP contribution is -2.30. The fraction of sp³-hybridized carbons (Fsp3) is 0.333. The van der Waals surface area contributed by atoms with Crippen LogP contribution in [0.5, 0.6) is 0 Å². The summed E-state index contributed by atoms with van der Waals surface area (Å²) in [6, 6.07) is 11.1. The topological polar surface area (TPSA) is 55.2 Å². The van der Waals surface area contributed by atoms with E-state index in [9.17, 15) is 0 Å². The minimum Gasteiger partial charge on any atom is -0.462 e. The van der Waals surface area contributed by atoms with Gasteiger partial charge in [0.25, 0.3) is 12.0 Å². The standard InChI is InChI=1S/C18H21N3O2/c1-3-8-13(4-2)15-11-22-17(19-15)21-18-20-16(12-23-18)14-9-6-5-7-10-14/h3-10,15-16H,11-12H2,1-2H3,(H,19,20,21)/b8-3-,13-4+/t15-,16-/m1/s1. The number of ether oxygens (including phenoxy) is 2. The second-order valence-corrected chi connectivity index (χ2v) is 5.35. The second kappa shape index (κ2) is 7.13. The molecule has 1 N–H and O–H groups in total. The van der Waals surface area contributed by atoms with E-state index in [1.165, 1.54) is 0 Å². The molecule has 1 aromatic carbocycles. The van der Waals surface area contributed by atoms with Crippen LogP contribution in [0.25, 0.3) is 0 Å². The smallest absolute Gasteiger partial charge is 0.293 e. The largest absolute Gasteiger partial charge is 0.462 e. The number of amidine groups is 2. The van der Waals surface area contributed by atoms with Gasteiger partial charge in [-0.15, -0.1) is 0 Å². The van der Waals surface area contributed by atoms with Crippen LogP contribution in [0.15, 0.2) is 64.1 Å². The average molecular weight is 311 g/mol. The summed E-state index contributed by atoms with van der Waals surface area (Å²) in [5.41, 5.74) is 2.28. The molecule has 0 spiro atoms. The van der Waals surface area contributed by atoms with Gasteiger partial charge in [0.15, 0.2) is 0 Å². The maximum atomic E-state index is 5.60. The van der Waals surface area contributed by atoms with E-state index >= 15 is 0 Å². The molecule has 5 nitrogen and oxygen atoms in total. The van der Waals surface area contributed by atoms with Crippen molar-refractivity contribution >= 4 is 12.0 Å². The van der Waals surface area contributed by atoms with Crippen molar-refractivity contribution in [1.29, 1.82) is 0 Å². The van der Waals surface area contributed by atoms with Crippen molar-refractivity contribution in [3.05, 3.63) is 59.7 Å². The third-order valence-corrected chi connectivity index (χ3v) is 3.78.